The molecule has 0 saturated heterocycles. The molecule has 0 aliphatic rings. The van der Waals surface area contributed by atoms with Crippen LogP contribution in [-0.4, -0.2) is 20.9 Å². The molecule has 0 spiro atoms. The first-order valence-electron chi connectivity index (χ1n) is 12.5. The third-order valence-corrected chi connectivity index (χ3v) is 12.1. The van der Waals surface area contributed by atoms with E-state index in [-0.39, 0.29) is 5.97 Å². The Morgan fingerprint density at radius 1 is 0.944 bits per heavy atom. The Morgan fingerprint density at radius 2 is 1.58 bits per heavy atom. The maximum atomic E-state index is 11.6. The minimum Gasteiger partial charge on any atom is -0.543 e. The highest BCUT2D eigenvalue weighted by Gasteiger charge is 2.44. The Morgan fingerprint density at radius 3 is 2.17 bits per heavy atom. The van der Waals surface area contributed by atoms with Gasteiger partial charge in [-0.05, 0) is 64.5 Å². The number of hydrogen-bond acceptors (Lipinski definition) is 4. The third kappa shape index (κ3) is 6.53. The lowest BCUT2D eigenvalue weighted by Crippen LogP contribution is -2.50. The van der Waals surface area contributed by atoms with Crippen molar-refractivity contribution in [3.8, 4) is 22.9 Å². The van der Waals surface area contributed by atoms with Gasteiger partial charge < -0.3 is 9.16 Å². The Balaban J connectivity index is 1.82. The molecule has 0 fully saturated rings. The van der Waals surface area contributed by atoms with Gasteiger partial charge in [0.15, 0.2) is 0 Å². The molecule has 0 bridgehead atoms. The average Bonchev–Trinajstić information content (AvgIpc) is 2.88. The molecule has 4 nitrogen and oxygen atoms in total. The van der Waals surface area contributed by atoms with Crippen molar-refractivity contribution in [3.63, 3.8) is 0 Å². The molecule has 5 heteroatoms. The van der Waals surface area contributed by atoms with Crippen LogP contribution in [0.15, 0.2) is 78.9 Å². The number of carbonyl (C=O) groups is 1. The number of nitrogens with zero attached hydrogens (tertiary/aromatic N) is 1. The van der Waals surface area contributed by atoms with Crippen molar-refractivity contribution in [2.75, 3.05) is 6.61 Å². The van der Waals surface area contributed by atoms with Gasteiger partial charge in [-0.1, -0.05) is 82.3 Å². The summed E-state index contributed by atoms with van der Waals surface area (Å²) in [5, 5.41) is 9.45. The fraction of sp³-hybridized carbons (Fsp3) is 0.290. The fourth-order valence-electron chi connectivity index (χ4n) is 4.52. The van der Waals surface area contributed by atoms with E-state index in [2.05, 4.69) is 45.9 Å². The van der Waals surface area contributed by atoms with Crippen LogP contribution in [0.5, 0.6) is 5.75 Å². The highest BCUT2D eigenvalue weighted by Crippen LogP contribution is 2.38. The first-order chi connectivity index (χ1) is 17.3. The molecule has 0 radical (unpaired) electrons. The summed E-state index contributed by atoms with van der Waals surface area (Å²) in [5.41, 5.74) is 5.60. The van der Waals surface area contributed by atoms with Crippen molar-refractivity contribution >= 4 is 20.4 Å². The molecule has 3 aromatic rings. The van der Waals surface area contributed by atoms with Crippen LogP contribution in [0.3, 0.4) is 0 Å². The second-order valence-electron chi connectivity index (χ2n) is 9.55. The van der Waals surface area contributed by atoms with Gasteiger partial charge in [-0.15, -0.1) is 0 Å². The van der Waals surface area contributed by atoms with Gasteiger partial charge in [0, 0.05) is 12.1 Å². The summed E-state index contributed by atoms with van der Waals surface area (Å²) in [6.07, 6.45) is 3.24. The second-order valence-corrected chi connectivity index (χ2v) is 14.3. The number of ether oxygens (including phenoxy) is 1. The van der Waals surface area contributed by atoms with Crippen molar-refractivity contribution in [1.29, 1.82) is 5.26 Å². The normalized spacial score (nSPS) is 11.6. The Kier molecular flexibility index (Phi) is 9.27. The summed E-state index contributed by atoms with van der Waals surface area (Å²) >= 11 is 0. The molecule has 36 heavy (non-hydrogen) atoms. The maximum absolute atomic E-state index is 11.6. The van der Waals surface area contributed by atoms with Crippen LogP contribution in [0.25, 0.3) is 17.2 Å². The van der Waals surface area contributed by atoms with Gasteiger partial charge in [0.1, 0.15) is 5.75 Å². The van der Waals surface area contributed by atoms with E-state index in [1.54, 1.807) is 13.0 Å². The molecule has 0 amide bonds. The number of esters is 1. The molecule has 0 aliphatic heterocycles. The van der Waals surface area contributed by atoms with Crippen LogP contribution in [-0.2, 0) is 15.6 Å². The van der Waals surface area contributed by atoms with Crippen LogP contribution < -0.4 is 4.43 Å². The molecule has 0 atom stereocenters. The van der Waals surface area contributed by atoms with Crippen LogP contribution in [0.1, 0.15) is 51.3 Å². The van der Waals surface area contributed by atoms with E-state index in [4.69, 9.17) is 9.16 Å². The van der Waals surface area contributed by atoms with E-state index >= 15 is 0 Å². The summed E-state index contributed by atoms with van der Waals surface area (Å²) in [4.78, 5) is 11.6. The first kappa shape index (κ1) is 27.0. The van der Waals surface area contributed by atoms with Crippen LogP contribution in [0.2, 0.25) is 11.1 Å². The van der Waals surface area contributed by atoms with E-state index in [0.717, 1.165) is 28.5 Å². The number of hydrogen-bond donors (Lipinski definition) is 0. The lowest BCUT2D eigenvalue weighted by atomic mass is 10.0. The summed E-state index contributed by atoms with van der Waals surface area (Å²) in [7, 11) is -2.26. The van der Waals surface area contributed by atoms with Crippen molar-refractivity contribution in [3.05, 3.63) is 95.6 Å². The Labute approximate surface area is 216 Å². The molecule has 3 aromatic carbocycles. The Bertz CT molecular complexity index is 1210. The maximum Gasteiger partial charge on any atom is 0.330 e. The largest absolute Gasteiger partial charge is 0.543 e. The SMILES string of the molecule is CCOC(=O)/C=C/c1ccc(C[Si](Oc2ccc(-c3ccccc3C#N)cc2)(C(C)C)C(C)C)cc1. The summed E-state index contributed by atoms with van der Waals surface area (Å²) < 4.78 is 11.9. The van der Waals surface area contributed by atoms with Crippen molar-refractivity contribution in [1.82, 2.24) is 0 Å². The lowest BCUT2D eigenvalue weighted by molar-refractivity contribution is -0.137. The minimum atomic E-state index is -2.26. The van der Waals surface area contributed by atoms with E-state index in [0.29, 0.717) is 23.3 Å². The van der Waals surface area contributed by atoms with E-state index in [1.165, 1.54) is 11.6 Å². The van der Waals surface area contributed by atoms with E-state index in [1.807, 2.05) is 60.7 Å². The molecule has 0 aromatic heterocycles. The van der Waals surface area contributed by atoms with Gasteiger partial charge in [0.25, 0.3) is 8.32 Å². The quantitative estimate of drug-likeness (QED) is 0.163. The highest BCUT2D eigenvalue weighted by molar-refractivity contribution is 6.76. The molecule has 0 heterocycles. The van der Waals surface area contributed by atoms with Crippen LogP contribution in [0.4, 0.5) is 0 Å². The van der Waals surface area contributed by atoms with Gasteiger partial charge in [-0.25, -0.2) is 4.79 Å². The first-order valence-corrected chi connectivity index (χ1v) is 14.8. The minimum absolute atomic E-state index is 0.330. The molecular formula is C31H35NO3Si. The lowest BCUT2D eigenvalue weighted by Gasteiger charge is -2.39. The van der Waals surface area contributed by atoms with Crippen molar-refractivity contribution in [2.24, 2.45) is 0 Å². The van der Waals surface area contributed by atoms with E-state index in [9.17, 15) is 10.1 Å². The highest BCUT2D eigenvalue weighted by atomic mass is 28.4. The number of rotatable bonds is 10. The summed E-state index contributed by atoms with van der Waals surface area (Å²) in [6, 6.07) is 27.3. The van der Waals surface area contributed by atoms with Gasteiger partial charge in [0.2, 0.25) is 0 Å². The predicted molar refractivity (Wildman–Crippen MR) is 149 cm³/mol. The predicted octanol–water partition coefficient (Wildman–Crippen LogP) is 7.73. The number of nitriles is 1. The second kappa shape index (κ2) is 12.4. The topological polar surface area (TPSA) is 59.3 Å². The number of carbonyl (C=O) groups excluding carboxylic acids is 1. The Hall–Kier alpha value is -3.62. The van der Waals surface area contributed by atoms with Crippen LogP contribution >= 0.6 is 0 Å². The van der Waals surface area contributed by atoms with Crippen LogP contribution in [0, 0.1) is 11.3 Å². The molecule has 0 N–H and O–H groups in total. The summed E-state index contributed by atoms with van der Waals surface area (Å²) in [6.45, 7) is 11.2. The fourth-order valence-corrected chi connectivity index (χ4v) is 8.66. The van der Waals surface area contributed by atoms with Crippen molar-refractivity contribution < 1.29 is 14.0 Å². The number of benzene rings is 3. The van der Waals surface area contributed by atoms with Gasteiger partial charge in [-0.3, -0.25) is 0 Å². The zero-order chi connectivity index (χ0) is 26.1. The van der Waals surface area contributed by atoms with Gasteiger partial charge in [-0.2, -0.15) is 5.26 Å². The zero-order valence-electron chi connectivity index (χ0n) is 21.8. The molecule has 3 rings (SSSR count). The van der Waals surface area contributed by atoms with E-state index < -0.39 is 8.32 Å². The van der Waals surface area contributed by atoms with Gasteiger partial charge in [0.05, 0.1) is 18.2 Å². The molecule has 0 saturated carbocycles. The molecule has 0 unspecified atom stereocenters. The third-order valence-electron chi connectivity index (χ3n) is 6.63. The molecule has 0 aliphatic carbocycles. The van der Waals surface area contributed by atoms with Gasteiger partial charge >= 0.3 is 5.97 Å². The zero-order valence-corrected chi connectivity index (χ0v) is 22.8. The summed E-state index contributed by atoms with van der Waals surface area (Å²) in [5.74, 6) is 0.541. The average molecular weight is 498 g/mol. The van der Waals surface area contributed by atoms with Crippen molar-refractivity contribution in [2.45, 2.75) is 51.7 Å². The standard InChI is InChI=1S/C31H35NO3Si/c1-6-34-31(33)20-15-25-11-13-26(14-12-25)22-36(23(2)3,24(4)5)35-29-18-16-27(17-19-29)30-10-8-7-9-28(30)21-32/h7-20,23-24H,6,22H2,1-5H3/b20-15+. The smallest absolute Gasteiger partial charge is 0.330 e. The molecule has 186 valence electrons. The molecular weight excluding hydrogens is 462 g/mol. The monoisotopic (exact) mass is 497 g/mol.